The number of ether oxygens (including phenoxy) is 1. The second-order valence-corrected chi connectivity index (χ2v) is 4.47. The minimum absolute atomic E-state index is 0.179. The lowest BCUT2D eigenvalue weighted by molar-refractivity contribution is 0.302. The molecule has 0 aromatic heterocycles. The molecule has 0 radical (unpaired) electrons. The van der Waals surface area contributed by atoms with Crippen LogP contribution in [0, 0.1) is 30.4 Å². The van der Waals surface area contributed by atoms with E-state index in [9.17, 15) is 8.78 Å². The zero-order valence-electron chi connectivity index (χ0n) is 11.5. The van der Waals surface area contributed by atoms with Crippen LogP contribution in [0.2, 0.25) is 0 Å². The van der Waals surface area contributed by atoms with Gasteiger partial charge in [0.1, 0.15) is 30.6 Å². The number of aliphatic hydroxyl groups is 1. The topological polar surface area (TPSA) is 29.5 Å². The van der Waals surface area contributed by atoms with E-state index >= 15 is 0 Å². The van der Waals surface area contributed by atoms with Crippen molar-refractivity contribution in [3.8, 4) is 17.6 Å². The normalized spacial score (nSPS) is 9.90. The number of halogens is 2. The molecular formula is C17H14F2O2. The lowest BCUT2D eigenvalue weighted by Crippen LogP contribution is -1.99. The fourth-order valence-corrected chi connectivity index (χ4v) is 1.78. The van der Waals surface area contributed by atoms with Crippen molar-refractivity contribution in [3.05, 3.63) is 64.7 Å². The van der Waals surface area contributed by atoms with E-state index in [0.717, 1.165) is 5.56 Å². The summed E-state index contributed by atoms with van der Waals surface area (Å²) in [6, 6.07) is 8.72. The monoisotopic (exact) mass is 288 g/mol. The van der Waals surface area contributed by atoms with Crippen molar-refractivity contribution < 1.29 is 18.6 Å². The number of hydrogen-bond donors (Lipinski definition) is 1. The van der Waals surface area contributed by atoms with Crippen LogP contribution >= 0.6 is 0 Å². The van der Waals surface area contributed by atoms with Crippen molar-refractivity contribution in [1.82, 2.24) is 0 Å². The first-order chi connectivity index (χ1) is 10.1. The van der Waals surface area contributed by atoms with Crippen LogP contribution in [0.15, 0.2) is 36.4 Å². The Bertz CT molecular complexity index is 700. The van der Waals surface area contributed by atoms with Gasteiger partial charge in [-0.3, -0.25) is 0 Å². The van der Waals surface area contributed by atoms with E-state index in [4.69, 9.17) is 9.84 Å². The van der Waals surface area contributed by atoms with E-state index in [1.165, 1.54) is 18.2 Å². The average molecular weight is 288 g/mol. The number of hydrogen-bond acceptors (Lipinski definition) is 2. The Kier molecular flexibility index (Phi) is 4.91. The molecule has 0 aliphatic rings. The van der Waals surface area contributed by atoms with Gasteiger partial charge in [0.15, 0.2) is 0 Å². The predicted octanol–water partition coefficient (Wildman–Crippen LogP) is 3.20. The highest BCUT2D eigenvalue weighted by Gasteiger charge is 2.05. The van der Waals surface area contributed by atoms with Gasteiger partial charge >= 0.3 is 0 Å². The number of aryl methyl sites for hydroxylation is 1. The third kappa shape index (κ3) is 4.04. The first-order valence-corrected chi connectivity index (χ1v) is 6.37. The van der Waals surface area contributed by atoms with Gasteiger partial charge in [-0.1, -0.05) is 24.0 Å². The summed E-state index contributed by atoms with van der Waals surface area (Å²) in [6.07, 6.45) is 0. The lowest BCUT2D eigenvalue weighted by atomic mass is 10.1. The fourth-order valence-electron chi connectivity index (χ4n) is 1.78. The molecule has 0 heterocycles. The van der Waals surface area contributed by atoms with Gasteiger partial charge in [0.05, 0.1) is 5.56 Å². The Morgan fingerprint density at radius 3 is 2.71 bits per heavy atom. The summed E-state index contributed by atoms with van der Waals surface area (Å²) < 4.78 is 32.2. The third-order valence-corrected chi connectivity index (χ3v) is 2.88. The van der Waals surface area contributed by atoms with E-state index in [1.54, 1.807) is 18.2 Å². The lowest BCUT2D eigenvalue weighted by Gasteiger charge is -2.09. The minimum atomic E-state index is -0.457. The van der Waals surface area contributed by atoms with Crippen LogP contribution in [0.4, 0.5) is 8.78 Å². The first kappa shape index (κ1) is 15.0. The molecule has 21 heavy (non-hydrogen) atoms. The van der Waals surface area contributed by atoms with Gasteiger partial charge in [-0.15, -0.1) is 0 Å². The molecule has 2 nitrogen and oxygen atoms in total. The van der Waals surface area contributed by atoms with Crippen molar-refractivity contribution in [1.29, 1.82) is 0 Å². The maximum absolute atomic E-state index is 13.5. The molecule has 4 heteroatoms. The van der Waals surface area contributed by atoms with Crippen LogP contribution in [0.1, 0.15) is 16.7 Å². The minimum Gasteiger partial charge on any atom is -0.489 e. The molecule has 0 aliphatic heterocycles. The second-order valence-electron chi connectivity index (χ2n) is 4.47. The molecule has 2 aromatic rings. The quantitative estimate of drug-likeness (QED) is 0.879. The molecule has 0 saturated carbocycles. The maximum Gasteiger partial charge on any atom is 0.138 e. The van der Waals surface area contributed by atoms with Gasteiger partial charge in [0.25, 0.3) is 0 Å². The van der Waals surface area contributed by atoms with Gasteiger partial charge in [-0.25, -0.2) is 8.78 Å². The van der Waals surface area contributed by atoms with Gasteiger partial charge in [-0.05, 0) is 36.2 Å². The summed E-state index contributed by atoms with van der Waals surface area (Å²) >= 11 is 0. The smallest absolute Gasteiger partial charge is 0.138 e. The van der Waals surface area contributed by atoms with Crippen LogP contribution in [-0.2, 0) is 6.61 Å². The van der Waals surface area contributed by atoms with Crippen LogP contribution < -0.4 is 4.74 Å². The van der Waals surface area contributed by atoms with Crippen molar-refractivity contribution in [2.24, 2.45) is 0 Å². The molecule has 0 bridgehead atoms. The van der Waals surface area contributed by atoms with Crippen molar-refractivity contribution in [3.63, 3.8) is 0 Å². The molecule has 0 atom stereocenters. The van der Waals surface area contributed by atoms with Crippen molar-refractivity contribution in [2.75, 3.05) is 6.61 Å². The van der Waals surface area contributed by atoms with E-state index in [1.807, 2.05) is 6.92 Å². The molecule has 0 aliphatic carbocycles. The number of benzene rings is 2. The number of aliphatic hydroxyl groups excluding tert-OH is 1. The molecule has 0 fully saturated rings. The Hall–Kier alpha value is -2.38. The van der Waals surface area contributed by atoms with Crippen LogP contribution in [0.25, 0.3) is 0 Å². The summed E-state index contributed by atoms with van der Waals surface area (Å²) in [4.78, 5) is 0. The van der Waals surface area contributed by atoms with E-state index < -0.39 is 5.82 Å². The van der Waals surface area contributed by atoms with E-state index in [2.05, 4.69) is 11.8 Å². The summed E-state index contributed by atoms with van der Waals surface area (Å²) in [6.45, 7) is 1.67. The highest BCUT2D eigenvalue weighted by molar-refractivity contribution is 5.39. The predicted molar refractivity (Wildman–Crippen MR) is 75.8 cm³/mol. The largest absolute Gasteiger partial charge is 0.489 e. The molecular weight excluding hydrogens is 274 g/mol. The zero-order valence-corrected chi connectivity index (χ0v) is 11.5. The standard InChI is InChI=1S/C17H14F2O2/c1-12-4-6-15(18)10-17(12)21-11-13-5-7-16(19)14(9-13)3-2-8-20/h4-7,9-10,20H,8,11H2,1H3. The fraction of sp³-hybridized carbons (Fsp3) is 0.176. The van der Waals surface area contributed by atoms with E-state index in [-0.39, 0.29) is 24.6 Å². The van der Waals surface area contributed by atoms with Crippen LogP contribution in [-0.4, -0.2) is 11.7 Å². The maximum atomic E-state index is 13.5. The molecule has 0 unspecified atom stereocenters. The van der Waals surface area contributed by atoms with Gasteiger partial charge in [0, 0.05) is 6.07 Å². The molecule has 0 spiro atoms. The molecule has 2 rings (SSSR count). The Labute approximate surface area is 122 Å². The van der Waals surface area contributed by atoms with Crippen molar-refractivity contribution >= 4 is 0 Å². The summed E-state index contributed by atoms with van der Waals surface area (Å²) in [5.74, 6) is 4.55. The molecule has 0 saturated heterocycles. The van der Waals surface area contributed by atoms with Crippen LogP contribution in [0.3, 0.4) is 0 Å². The Morgan fingerprint density at radius 2 is 1.95 bits per heavy atom. The summed E-state index contributed by atoms with van der Waals surface area (Å²) in [7, 11) is 0. The highest BCUT2D eigenvalue weighted by atomic mass is 19.1. The highest BCUT2D eigenvalue weighted by Crippen LogP contribution is 2.20. The summed E-state index contributed by atoms with van der Waals surface area (Å²) in [5.41, 5.74) is 1.72. The van der Waals surface area contributed by atoms with Gasteiger partial charge in [-0.2, -0.15) is 0 Å². The third-order valence-electron chi connectivity index (χ3n) is 2.88. The molecule has 108 valence electrons. The number of rotatable bonds is 3. The van der Waals surface area contributed by atoms with Gasteiger partial charge < -0.3 is 9.84 Å². The Balaban J connectivity index is 2.15. The van der Waals surface area contributed by atoms with E-state index in [0.29, 0.717) is 11.3 Å². The molecule has 1 N–H and O–H groups in total. The second kappa shape index (κ2) is 6.87. The Morgan fingerprint density at radius 1 is 1.14 bits per heavy atom. The average Bonchev–Trinajstić information content (AvgIpc) is 2.48. The SMILES string of the molecule is Cc1ccc(F)cc1OCc1ccc(F)c(C#CCO)c1. The zero-order chi connectivity index (χ0) is 15.2. The van der Waals surface area contributed by atoms with Gasteiger partial charge in [0.2, 0.25) is 0 Å². The summed E-state index contributed by atoms with van der Waals surface area (Å²) in [5, 5.41) is 8.64. The molecule has 2 aromatic carbocycles. The first-order valence-electron chi connectivity index (χ1n) is 6.37. The van der Waals surface area contributed by atoms with Crippen molar-refractivity contribution in [2.45, 2.75) is 13.5 Å². The molecule has 0 amide bonds. The van der Waals surface area contributed by atoms with Crippen LogP contribution in [0.5, 0.6) is 5.75 Å².